The molecule has 0 aliphatic heterocycles. The van der Waals surface area contributed by atoms with E-state index in [0.29, 0.717) is 25.0 Å². The number of rotatable bonds is 5. The first-order valence-electron chi connectivity index (χ1n) is 8.39. The van der Waals surface area contributed by atoms with Gasteiger partial charge in [0.2, 0.25) is 0 Å². The molecule has 2 aromatic heterocycles. The molecule has 3 aromatic rings. The van der Waals surface area contributed by atoms with E-state index in [1.54, 1.807) is 7.05 Å². The van der Waals surface area contributed by atoms with Crippen LogP contribution in [0.4, 0.5) is 0 Å². The Kier molecular flexibility index (Phi) is 5.02. The van der Waals surface area contributed by atoms with E-state index in [4.69, 9.17) is 4.52 Å². The molecule has 2 heterocycles. The van der Waals surface area contributed by atoms with Crippen molar-refractivity contribution in [3.05, 3.63) is 47.6 Å². The molecule has 7 nitrogen and oxygen atoms in total. The normalized spacial score (nSPS) is 12.1. The minimum absolute atomic E-state index is 0.354. The van der Waals surface area contributed by atoms with Gasteiger partial charge in [0.1, 0.15) is 5.82 Å². The zero-order valence-corrected chi connectivity index (χ0v) is 15.1. The third-order valence-corrected chi connectivity index (χ3v) is 4.12. The van der Waals surface area contributed by atoms with Crippen molar-refractivity contribution in [1.82, 2.24) is 25.3 Å². The van der Waals surface area contributed by atoms with E-state index >= 15 is 0 Å². The number of fused-ring (bicyclic) bond motifs is 1. The maximum Gasteiger partial charge on any atom is 0.191 e. The Morgan fingerprint density at radius 2 is 2.00 bits per heavy atom. The molecule has 1 aromatic carbocycles. The van der Waals surface area contributed by atoms with Crippen LogP contribution in [0.5, 0.6) is 0 Å². The van der Waals surface area contributed by atoms with Crippen molar-refractivity contribution >= 4 is 17.0 Å². The maximum absolute atomic E-state index is 5.33. The third kappa shape index (κ3) is 3.81. The van der Waals surface area contributed by atoms with E-state index in [-0.39, 0.29) is 0 Å². The van der Waals surface area contributed by atoms with Crippen molar-refractivity contribution in [2.45, 2.75) is 32.9 Å². The summed E-state index contributed by atoms with van der Waals surface area (Å²) in [5.41, 5.74) is 3.07. The molecule has 0 bridgehead atoms. The summed E-state index contributed by atoms with van der Waals surface area (Å²) in [6.45, 7) is 5.29. The van der Waals surface area contributed by atoms with Crippen LogP contribution < -0.4 is 10.6 Å². The van der Waals surface area contributed by atoms with Gasteiger partial charge in [-0.3, -0.25) is 4.99 Å². The average Bonchev–Trinajstić information content (AvgIpc) is 3.21. The lowest BCUT2D eigenvalue weighted by atomic mass is 10.1. The van der Waals surface area contributed by atoms with Crippen LogP contribution in [0, 0.1) is 0 Å². The first-order valence-corrected chi connectivity index (χ1v) is 8.39. The number of aromatic nitrogens is 3. The second-order valence-electron chi connectivity index (χ2n) is 6.23. The lowest BCUT2D eigenvalue weighted by Gasteiger charge is -2.10. The van der Waals surface area contributed by atoms with Crippen molar-refractivity contribution in [2.24, 2.45) is 12.0 Å². The molecular weight excluding hydrogens is 316 g/mol. The quantitative estimate of drug-likeness (QED) is 0.551. The fraction of sp³-hybridized carbons (Fsp3) is 0.389. The Morgan fingerprint density at radius 1 is 1.24 bits per heavy atom. The largest absolute Gasteiger partial charge is 0.359 e. The number of guanidine groups is 1. The molecule has 0 aliphatic rings. The molecule has 7 heteroatoms. The van der Waals surface area contributed by atoms with Gasteiger partial charge in [-0.2, -0.15) is 0 Å². The van der Waals surface area contributed by atoms with Crippen molar-refractivity contribution < 1.29 is 4.52 Å². The minimum Gasteiger partial charge on any atom is -0.359 e. The zero-order valence-electron chi connectivity index (χ0n) is 15.1. The maximum atomic E-state index is 5.33. The summed E-state index contributed by atoms with van der Waals surface area (Å²) < 4.78 is 7.42. The molecule has 0 saturated heterocycles. The number of imidazole rings is 1. The van der Waals surface area contributed by atoms with Crippen molar-refractivity contribution in [2.75, 3.05) is 7.05 Å². The highest BCUT2D eigenvalue weighted by Crippen LogP contribution is 2.14. The summed E-state index contributed by atoms with van der Waals surface area (Å²) in [7, 11) is 3.76. The van der Waals surface area contributed by atoms with Crippen LogP contribution in [-0.2, 0) is 20.1 Å². The Hall–Kier alpha value is -2.83. The van der Waals surface area contributed by atoms with E-state index in [0.717, 1.165) is 28.3 Å². The highest BCUT2D eigenvalue weighted by molar-refractivity contribution is 5.80. The van der Waals surface area contributed by atoms with E-state index in [1.165, 1.54) is 0 Å². The molecule has 0 radical (unpaired) electrons. The summed E-state index contributed by atoms with van der Waals surface area (Å²) in [6.07, 6.45) is 0. The topological polar surface area (TPSA) is 80.3 Å². The fourth-order valence-corrected chi connectivity index (χ4v) is 2.59. The first kappa shape index (κ1) is 17.0. The number of benzene rings is 1. The van der Waals surface area contributed by atoms with Crippen LogP contribution >= 0.6 is 0 Å². The predicted octanol–water partition coefficient (Wildman–Crippen LogP) is 2.55. The Balaban J connectivity index is 1.59. The summed E-state index contributed by atoms with van der Waals surface area (Å²) in [5, 5.41) is 10.6. The Bertz CT molecular complexity index is 877. The Labute approximate surface area is 147 Å². The number of hydrogen-bond donors (Lipinski definition) is 2. The van der Waals surface area contributed by atoms with Gasteiger partial charge in [-0.25, -0.2) is 4.98 Å². The SMILES string of the molecule is CN=C(NCc1cc(C(C)C)no1)NCc1nc2ccccc2n1C. The molecular formula is C18H24N6O. The van der Waals surface area contributed by atoms with Crippen molar-refractivity contribution in [3.8, 4) is 0 Å². The molecule has 0 saturated carbocycles. The number of aliphatic imine (C=N–C) groups is 1. The first-order chi connectivity index (χ1) is 12.1. The highest BCUT2D eigenvalue weighted by Gasteiger charge is 2.10. The summed E-state index contributed by atoms with van der Waals surface area (Å²) in [6, 6.07) is 10.1. The predicted molar refractivity (Wildman–Crippen MR) is 98.3 cm³/mol. The number of nitrogens with one attached hydrogen (secondary N) is 2. The molecule has 0 aliphatic carbocycles. The lowest BCUT2D eigenvalue weighted by Crippen LogP contribution is -2.36. The smallest absolute Gasteiger partial charge is 0.191 e. The van der Waals surface area contributed by atoms with Crippen LogP contribution in [0.15, 0.2) is 39.8 Å². The van der Waals surface area contributed by atoms with Crippen LogP contribution in [0.3, 0.4) is 0 Å². The van der Waals surface area contributed by atoms with Crippen LogP contribution in [-0.4, -0.2) is 27.7 Å². The third-order valence-electron chi connectivity index (χ3n) is 4.12. The number of hydrogen-bond acceptors (Lipinski definition) is 4. The zero-order chi connectivity index (χ0) is 17.8. The minimum atomic E-state index is 0.354. The van der Waals surface area contributed by atoms with Crippen LogP contribution in [0.1, 0.15) is 37.0 Å². The van der Waals surface area contributed by atoms with Crippen LogP contribution in [0.2, 0.25) is 0 Å². The standard InChI is InChI=1S/C18H24N6O/c1-12(2)15-9-13(25-23-15)10-20-18(19-3)21-11-17-22-14-7-5-6-8-16(14)24(17)4/h5-9,12H,10-11H2,1-4H3,(H2,19,20,21). The van der Waals surface area contributed by atoms with E-state index in [1.807, 2.05) is 31.3 Å². The second kappa shape index (κ2) is 7.38. The molecule has 132 valence electrons. The monoisotopic (exact) mass is 340 g/mol. The van der Waals surface area contributed by atoms with Gasteiger partial charge in [-0.15, -0.1) is 0 Å². The number of aryl methyl sites for hydroxylation is 1. The van der Waals surface area contributed by atoms with Gasteiger partial charge in [0.05, 0.1) is 29.8 Å². The van der Waals surface area contributed by atoms with Crippen molar-refractivity contribution in [1.29, 1.82) is 0 Å². The average molecular weight is 340 g/mol. The van der Waals surface area contributed by atoms with Gasteiger partial charge in [0.15, 0.2) is 11.7 Å². The van der Waals surface area contributed by atoms with E-state index in [2.05, 4.69) is 50.2 Å². The van der Waals surface area contributed by atoms with Gasteiger partial charge >= 0.3 is 0 Å². The fourth-order valence-electron chi connectivity index (χ4n) is 2.59. The summed E-state index contributed by atoms with van der Waals surface area (Å²) in [5.74, 6) is 2.78. The van der Waals surface area contributed by atoms with Crippen molar-refractivity contribution in [3.63, 3.8) is 0 Å². The molecule has 2 N–H and O–H groups in total. The molecule has 25 heavy (non-hydrogen) atoms. The van der Waals surface area contributed by atoms with Gasteiger partial charge in [-0.05, 0) is 18.1 Å². The second-order valence-corrected chi connectivity index (χ2v) is 6.23. The molecule has 0 atom stereocenters. The van der Waals surface area contributed by atoms with E-state index < -0.39 is 0 Å². The van der Waals surface area contributed by atoms with Gasteiger partial charge in [0.25, 0.3) is 0 Å². The Morgan fingerprint density at radius 3 is 2.68 bits per heavy atom. The molecule has 0 amide bonds. The van der Waals surface area contributed by atoms with Gasteiger partial charge in [0, 0.05) is 20.2 Å². The van der Waals surface area contributed by atoms with Crippen LogP contribution in [0.25, 0.3) is 11.0 Å². The molecule has 0 fully saturated rings. The molecule has 0 spiro atoms. The summed E-state index contributed by atoms with van der Waals surface area (Å²) >= 11 is 0. The van der Waals surface area contributed by atoms with Gasteiger partial charge < -0.3 is 19.7 Å². The number of para-hydroxylation sites is 2. The summed E-state index contributed by atoms with van der Waals surface area (Å²) in [4.78, 5) is 8.89. The lowest BCUT2D eigenvalue weighted by molar-refractivity contribution is 0.372. The van der Waals surface area contributed by atoms with E-state index in [9.17, 15) is 0 Å². The molecule has 0 unspecified atom stereocenters. The highest BCUT2D eigenvalue weighted by atomic mass is 16.5. The van der Waals surface area contributed by atoms with Gasteiger partial charge in [-0.1, -0.05) is 31.1 Å². The number of nitrogens with zero attached hydrogens (tertiary/aromatic N) is 4. The molecule has 3 rings (SSSR count).